The molecule has 0 fully saturated rings. The summed E-state index contributed by atoms with van der Waals surface area (Å²) >= 11 is 1.71. The molecule has 0 bridgehead atoms. The maximum Gasteiger partial charge on any atom is 0.319 e. The smallest absolute Gasteiger partial charge is 0.319 e. The molecule has 0 atom stereocenters. The molecule has 14 heavy (non-hydrogen) atoms. The van der Waals surface area contributed by atoms with E-state index in [1.54, 1.807) is 11.3 Å². The SMILES string of the molecule is CCN(CC(=O)OC)Cc1cccs1. The van der Waals surface area contributed by atoms with Crippen LogP contribution in [-0.2, 0) is 16.1 Å². The minimum atomic E-state index is -0.177. The number of esters is 1. The molecular weight excluding hydrogens is 198 g/mol. The van der Waals surface area contributed by atoms with Crippen molar-refractivity contribution in [1.29, 1.82) is 0 Å². The first-order chi connectivity index (χ1) is 6.76. The number of rotatable bonds is 5. The van der Waals surface area contributed by atoms with Crippen molar-refractivity contribution in [3.63, 3.8) is 0 Å². The van der Waals surface area contributed by atoms with Gasteiger partial charge in [-0.3, -0.25) is 9.69 Å². The van der Waals surface area contributed by atoms with Crippen molar-refractivity contribution in [2.75, 3.05) is 20.2 Å². The van der Waals surface area contributed by atoms with E-state index in [1.807, 2.05) is 18.4 Å². The van der Waals surface area contributed by atoms with Crippen molar-refractivity contribution in [1.82, 2.24) is 4.90 Å². The lowest BCUT2D eigenvalue weighted by molar-refractivity contribution is -0.142. The lowest BCUT2D eigenvalue weighted by Gasteiger charge is -2.17. The van der Waals surface area contributed by atoms with Crippen LogP contribution in [0.1, 0.15) is 11.8 Å². The van der Waals surface area contributed by atoms with E-state index in [9.17, 15) is 4.79 Å². The molecule has 0 amide bonds. The number of nitrogens with zero attached hydrogens (tertiary/aromatic N) is 1. The van der Waals surface area contributed by atoms with Crippen LogP contribution in [0.15, 0.2) is 17.5 Å². The Kier molecular flexibility index (Phi) is 4.62. The van der Waals surface area contributed by atoms with Gasteiger partial charge in [0.2, 0.25) is 0 Å². The highest BCUT2D eigenvalue weighted by Crippen LogP contribution is 2.11. The van der Waals surface area contributed by atoms with E-state index in [-0.39, 0.29) is 5.97 Å². The molecule has 0 spiro atoms. The van der Waals surface area contributed by atoms with E-state index < -0.39 is 0 Å². The van der Waals surface area contributed by atoms with Gasteiger partial charge in [-0.05, 0) is 18.0 Å². The van der Waals surface area contributed by atoms with Crippen LogP contribution in [0.2, 0.25) is 0 Å². The molecule has 0 saturated heterocycles. The Morgan fingerprint density at radius 2 is 2.43 bits per heavy atom. The normalized spacial score (nSPS) is 10.5. The summed E-state index contributed by atoms with van der Waals surface area (Å²) in [6.45, 7) is 4.08. The van der Waals surface area contributed by atoms with Crippen LogP contribution in [0, 0.1) is 0 Å². The highest BCUT2D eigenvalue weighted by molar-refractivity contribution is 7.09. The second-order valence-corrected chi connectivity index (χ2v) is 3.99. The molecule has 1 rings (SSSR count). The van der Waals surface area contributed by atoms with Gasteiger partial charge in [-0.1, -0.05) is 13.0 Å². The van der Waals surface area contributed by atoms with Crippen molar-refractivity contribution >= 4 is 17.3 Å². The van der Waals surface area contributed by atoms with Crippen molar-refractivity contribution in [2.24, 2.45) is 0 Å². The summed E-state index contributed by atoms with van der Waals surface area (Å²) in [5.74, 6) is -0.177. The third-order valence-corrected chi connectivity index (χ3v) is 2.85. The topological polar surface area (TPSA) is 29.5 Å². The van der Waals surface area contributed by atoms with E-state index in [0.29, 0.717) is 6.54 Å². The zero-order chi connectivity index (χ0) is 10.4. The summed E-state index contributed by atoms with van der Waals surface area (Å²) in [4.78, 5) is 14.4. The zero-order valence-corrected chi connectivity index (χ0v) is 9.34. The third-order valence-electron chi connectivity index (χ3n) is 1.99. The summed E-state index contributed by atoms with van der Waals surface area (Å²) in [7, 11) is 1.42. The highest BCUT2D eigenvalue weighted by atomic mass is 32.1. The van der Waals surface area contributed by atoms with Crippen molar-refractivity contribution in [3.8, 4) is 0 Å². The van der Waals surface area contributed by atoms with Crippen LogP contribution >= 0.6 is 11.3 Å². The predicted octanol–water partition coefficient (Wildman–Crippen LogP) is 1.74. The lowest BCUT2D eigenvalue weighted by Crippen LogP contribution is -2.29. The number of likely N-dealkylation sites (N-methyl/N-ethyl adjacent to an activating group) is 1. The molecule has 3 nitrogen and oxygen atoms in total. The van der Waals surface area contributed by atoms with Crippen LogP contribution in [-0.4, -0.2) is 31.1 Å². The Bertz CT molecular complexity index is 272. The number of methoxy groups -OCH3 is 1. The number of carbonyl (C=O) groups excluding carboxylic acids is 1. The van der Waals surface area contributed by atoms with Crippen molar-refractivity contribution < 1.29 is 9.53 Å². The average molecular weight is 213 g/mol. The van der Waals surface area contributed by atoms with Crippen LogP contribution in [0.25, 0.3) is 0 Å². The second-order valence-electron chi connectivity index (χ2n) is 2.96. The average Bonchev–Trinajstić information content (AvgIpc) is 2.69. The van der Waals surface area contributed by atoms with E-state index in [0.717, 1.165) is 13.1 Å². The first kappa shape index (κ1) is 11.2. The Hall–Kier alpha value is -0.870. The minimum absolute atomic E-state index is 0.177. The molecule has 0 saturated carbocycles. The fourth-order valence-corrected chi connectivity index (χ4v) is 1.90. The molecule has 0 aromatic carbocycles. The number of thiophene rings is 1. The maximum absolute atomic E-state index is 11.0. The van der Waals surface area contributed by atoms with Crippen LogP contribution in [0.4, 0.5) is 0 Å². The van der Waals surface area contributed by atoms with Crippen LogP contribution < -0.4 is 0 Å². The van der Waals surface area contributed by atoms with Gasteiger partial charge < -0.3 is 4.74 Å². The van der Waals surface area contributed by atoms with Gasteiger partial charge in [0.25, 0.3) is 0 Å². The standard InChI is InChI=1S/C10H15NO2S/c1-3-11(8-10(12)13-2)7-9-5-4-6-14-9/h4-6H,3,7-8H2,1-2H3. The Balaban J connectivity index is 2.43. The third kappa shape index (κ3) is 3.47. The van der Waals surface area contributed by atoms with Gasteiger partial charge in [0.15, 0.2) is 0 Å². The molecule has 0 radical (unpaired) electrons. The van der Waals surface area contributed by atoms with E-state index in [2.05, 4.69) is 15.7 Å². The fraction of sp³-hybridized carbons (Fsp3) is 0.500. The molecule has 0 unspecified atom stereocenters. The Morgan fingerprint density at radius 3 is 2.93 bits per heavy atom. The van der Waals surface area contributed by atoms with E-state index >= 15 is 0 Å². The number of hydrogen-bond donors (Lipinski definition) is 0. The van der Waals surface area contributed by atoms with Gasteiger partial charge in [0.05, 0.1) is 13.7 Å². The molecule has 1 aromatic heterocycles. The highest BCUT2D eigenvalue weighted by Gasteiger charge is 2.09. The lowest BCUT2D eigenvalue weighted by atomic mass is 10.4. The molecule has 1 heterocycles. The van der Waals surface area contributed by atoms with Gasteiger partial charge in [-0.15, -0.1) is 11.3 Å². The van der Waals surface area contributed by atoms with Gasteiger partial charge in [0.1, 0.15) is 0 Å². The quantitative estimate of drug-likeness (QED) is 0.698. The molecule has 0 aliphatic rings. The van der Waals surface area contributed by atoms with Gasteiger partial charge in [-0.25, -0.2) is 0 Å². The van der Waals surface area contributed by atoms with Gasteiger partial charge in [0, 0.05) is 11.4 Å². The summed E-state index contributed by atoms with van der Waals surface area (Å²) in [5.41, 5.74) is 0. The number of hydrogen-bond acceptors (Lipinski definition) is 4. The molecule has 1 aromatic rings. The fourth-order valence-electron chi connectivity index (χ4n) is 1.15. The predicted molar refractivity (Wildman–Crippen MR) is 57.3 cm³/mol. The molecular formula is C10H15NO2S. The van der Waals surface area contributed by atoms with Gasteiger partial charge >= 0.3 is 5.97 Å². The van der Waals surface area contributed by atoms with E-state index in [4.69, 9.17) is 0 Å². The summed E-state index contributed by atoms with van der Waals surface area (Å²) in [5, 5.41) is 2.04. The zero-order valence-electron chi connectivity index (χ0n) is 8.53. The first-order valence-electron chi connectivity index (χ1n) is 4.57. The Labute approximate surface area is 88.3 Å². The molecule has 0 aliphatic heterocycles. The maximum atomic E-state index is 11.0. The monoisotopic (exact) mass is 213 g/mol. The first-order valence-corrected chi connectivity index (χ1v) is 5.45. The molecule has 78 valence electrons. The van der Waals surface area contributed by atoms with Crippen molar-refractivity contribution in [3.05, 3.63) is 22.4 Å². The number of carbonyl (C=O) groups is 1. The Morgan fingerprint density at radius 1 is 1.64 bits per heavy atom. The van der Waals surface area contributed by atoms with Crippen LogP contribution in [0.3, 0.4) is 0 Å². The second kappa shape index (κ2) is 5.78. The minimum Gasteiger partial charge on any atom is -0.468 e. The summed E-state index contributed by atoms with van der Waals surface area (Å²) < 4.78 is 4.62. The van der Waals surface area contributed by atoms with E-state index in [1.165, 1.54) is 12.0 Å². The summed E-state index contributed by atoms with van der Waals surface area (Å²) in [6.07, 6.45) is 0. The number of ether oxygens (including phenoxy) is 1. The molecule has 0 N–H and O–H groups in total. The van der Waals surface area contributed by atoms with Crippen LogP contribution in [0.5, 0.6) is 0 Å². The molecule has 0 aliphatic carbocycles. The molecule has 4 heteroatoms. The van der Waals surface area contributed by atoms with Crippen molar-refractivity contribution in [2.45, 2.75) is 13.5 Å². The summed E-state index contributed by atoms with van der Waals surface area (Å²) in [6, 6.07) is 4.09. The largest absolute Gasteiger partial charge is 0.468 e. The van der Waals surface area contributed by atoms with Gasteiger partial charge in [-0.2, -0.15) is 0 Å².